The van der Waals surface area contributed by atoms with E-state index >= 15 is 0 Å². The van der Waals surface area contributed by atoms with Gasteiger partial charge in [-0.05, 0) is 56.2 Å². The average Bonchev–Trinajstić information content (AvgIpc) is 2.67. The zero-order chi connectivity index (χ0) is 21.4. The van der Waals surface area contributed by atoms with Crippen LogP contribution in [-0.2, 0) is 14.8 Å². The van der Waals surface area contributed by atoms with Crippen LogP contribution in [0, 0.1) is 25.2 Å². The van der Waals surface area contributed by atoms with E-state index in [4.69, 9.17) is 15.1 Å². The second-order valence-electron chi connectivity index (χ2n) is 6.59. The van der Waals surface area contributed by atoms with Crippen molar-refractivity contribution in [2.45, 2.75) is 38.0 Å². The maximum Gasteiger partial charge on any atom is 0.303 e. The summed E-state index contributed by atoms with van der Waals surface area (Å²) in [7, 11) is -3.87. The van der Waals surface area contributed by atoms with E-state index in [0.717, 1.165) is 5.56 Å². The van der Waals surface area contributed by atoms with E-state index < -0.39 is 16.0 Å². The molecule has 0 aliphatic rings. The SMILES string of the molecule is Cc1ccc(N(CCC#N)S(=O)(=O)c2ccc(OCCCC(=O)O)c(C)c2)cc1. The van der Waals surface area contributed by atoms with Gasteiger partial charge in [-0.25, -0.2) is 8.42 Å². The monoisotopic (exact) mass is 416 g/mol. The van der Waals surface area contributed by atoms with Gasteiger partial charge in [-0.15, -0.1) is 0 Å². The molecule has 0 fully saturated rings. The van der Waals surface area contributed by atoms with Gasteiger partial charge in [0.1, 0.15) is 5.75 Å². The molecule has 0 amide bonds. The first kappa shape index (κ1) is 22.2. The minimum absolute atomic E-state index is 0.00983. The van der Waals surface area contributed by atoms with E-state index in [0.29, 0.717) is 23.4 Å². The highest BCUT2D eigenvalue weighted by atomic mass is 32.2. The fraction of sp³-hybridized carbons (Fsp3) is 0.333. The summed E-state index contributed by atoms with van der Waals surface area (Å²) < 4.78 is 33.3. The molecule has 0 radical (unpaired) electrons. The van der Waals surface area contributed by atoms with Gasteiger partial charge in [0.15, 0.2) is 0 Å². The van der Waals surface area contributed by atoms with Gasteiger partial charge in [0.2, 0.25) is 0 Å². The van der Waals surface area contributed by atoms with Crippen LogP contribution in [0.25, 0.3) is 0 Å². The molecule has 0 aliphatic carbocycles. The molecule has 0 unspecified atom stereocenters. The lowest BCUT2D eigenvalue weighted by Gasteiger charge is -2.24. The summed E-state index contributed by atoms with van der Waals surface area (Å²) in [6.07, 6.45) is 0.441. The van der Waals surface area contributed by atoms with E-state index in [2.05, 4.69) is 0 Å². The van der Waals surface area contributed by atoms with E-state index in [-0.39, 0.29) is 30.9 Å². The van der Waals surface area contributed by atoms with Crippen LogP contribution in [0.5, 0.6) is 5.75 Å². The molecule has 0 atom stereocenters. The molecule has 0 aliphatic heterocycles. The van der Waals surface area contributed by atoms with Crippen LogP contribution < -0.4 is 9.04 Å². The van der Waals surface area contributed by atoms with Crippen molar-refractivity contribution in [2.75, 3.05) is 17.5 Å². The summed E-state index contributed by atoms with van der Waals surface area (Å²) >= 11 is 0. The summed E-state index contributed by atoms with van der Waals surface area (Å²) in [5, 5.41) is 17.6. The Hall–Kier alpha value is -3.05. The van der Waals surface area contributed by atoms with Gasteiger partial charge in [0.25, 0.3) is 10.0 Å². The third kappa shape index (κ3) is 5.96. The first-order valence-corrected chi connectivity index (χ1v) is 10.6. The van der Waals surface area contributed by atoms with E-state index in [1.54, 1.807) is 25.1 Å². The average molecular weight is 416 g/mol. The molecule has 0 aromatic heterocycles. The fourth-order valence-electron chi connectivity index (χ4n) is 2.73. The molecule has 2 aromatic rings. The number of nitriles is 1. The summed E-state index contributed by atoms with van der Waals surface area (Å²) in [6.45, 7) is 3.93. The topological polar surface area (TPSA) is 108 Å². The molecule has 29 heavy (non-hydrogen) atoms. The zero-order valence-corrected chi connectivity index (χ0v) is 17.3. The number of ether oxygens (including phenoxy) is 1. The maximum atomic E-state index is 13.2. The number of hydrogen-bond acceptors (Lipinski definition) is 5. The normalized spacial score (nSPS) is 10.9. The van der Waals surface area contributed by atoms with Crippen LogP contribution in [0.4, 0.5) is 5.69 Å². The van der Waals surface area contributed by atoms with Crippen LogP contribution in [0.15, 0.2) is 47.4 Å². The number of anilines is 1. The molecule has 0 saturated heterocycles. The van der Waals surface area contributed by atoms with Crippen LogP contribution in [-0.4, -0.2) is 32.6 Å². The van der Waals surface area contributed by atoms with Crippen LogP contribution in [0.3, 0.4) is 0 Å². The van der Waals surface area contributed by atoms with Gasteiger partial charge in [-0.2, -0.15) is 5.26 Å². The Balaban J connectivity index is 2.26. The van der Waals surface area contributed by atoms with Crippen molar-refractivity contribution in [2.24, 2.45) is 0 Å². The molecule has 154 valence electrons. The number of sulfonamides is 1. The Morgan fingerprint density at radius 3 is 2.45 bits per heavy atom. The van der Waals surface area contributed by atoms with Crippen molar-refractivity contribution in [3.8, 4) is 11.8 Å². The number of hydrogen-bond donors (Lipinski definition) is 1. The molecule has 0 spiro atoms. The molecule has 7 nitrogen and oxygen atoms in total. The number of carboxylic acids is 1. The quantitative estimate of drug-likeness (QED) is 0.592. The molecule has 1 N–H and O–H groups in total. The van der Waals surface area contributed by atoms with E-state index in [1.807, 2.05) is 25.1 Å². The minimum Gasteiger partial charge on any atom is -0.493 e. The summed E-state index contributed by atoms with van der Waals surface area (Å²) in [6, 6.07) is 13.6. The van der Waals surface area contributed by atoms with Gasteiger partial charge in [0.05, 0.1) is 29.7 Å². The van der Waals surface area contributed by atoms with Gasteiger partial charge < -0.3 is 9.84 Å². The standard InChI is InChI=1S/C21H24N2O5S/c1-16-6-8-18(9-7-16)23(13-4-12-22)29(26,27)19-10-11-20(17(2)15-19)28-14-3-5-21(24)25/h6-11,15H,3-5,13-14H2,1-2H3,(H,24,25). The molecule has 2 rings (SSSR count). The van der Waals surface area contributed by atoms with Crippen molar-refractivity contribution >= 4 is 21.7 Å². The van der Waals surface area contributed by atoms with Crippen molar-refractivity contribution in [3.63, 3.8) is 0 Å². The molecule has 0 heterocycles. The second kappa shape index (κ2) is 9.94. The number of carbonyl (C=O) groups is 1. The highest BCUT2D eigenvalue weighted by Gasteiger charge is 2.25. The molecule has 8 heteroatoms. The number of aryl methyl sites for hydroxylation is 2. The summed E-state index contributed by atoms with van der Waals surface area (Å²) in [5.74, 6) is -0.381. The Morgan fingerprint density at radius 1 is 1.17 bits per heavy atom. The molecular formula is C21H24N2O5S. The summed E-state index contributed by atoms with van der Waals surface area (Å²) in [4.78, 5) is 10.7. The van der Waals surface area contributed by atoms with Gasteiger partial charge in [-0.1, -0.05) is 17.7 Å². The Labute approximate surface area is 171 Å². The van der Waals surface area contributed by atoms with Crippen LogP contribution in [0.1, 0.15) is 30.4 Å². The molecule has 0 bridgehead atoms. The van der Waals surface area contributed by atoms with Crippen LogP contribution >= 0.6 is 0 Å². The summed E-state index contributed by atoms with van der Waals surface area (Å²) in [5.41, 5.74) is 2.13. The number of nitrogens with zero attached hydrogens (tertiary/aromatic N) is 2. The zero-order valence-electron chi connectivity index (χ0n) is 16.5. The molecule has 2 aromatic carbocycles. The predicted molar refractivity (Wildman–Crippen MR) is 109 cm³/mol. The number of rotatable bonds is 10. The minimum atomic E-state index is -3.87. The first-order valence-electron chi connectivity index (χ1n) is 9.17. The smallest absolute Gasteiger partial charge is 0.303 e. The first-order chi connectivity index (χ1) is 13.8. The van der Waals surface area contributed by atoms with Gasteiger partial charge >= 0.3 is 5.97 Å². The van der Waals surface area contributed by atoms with E-state index in [1.165, 1.54) is 16.4 Å². The maximum absolute atomic E-state index is 13.2. The molecular weight excluding hydrogens is 392 g/mol. The number of aliphatic carboxylic acids is 1. The lowest BCUT2D eigenvalue weighted by Crippen LogP contribution is -2.32. The van der Waals surface area contributed by atoms with E-state index in [9.17, 15) is 13.2 Å². The lowest BCUT2D eigenvalue weighted by atomic mass is 10.2. The second-order valence-corrected chi connectivity index (χ2v) is 8.46. The predicted octanol–water partition coefficient (Wildman–Crippen LogP) is 3.66. The van der Waals surface area contributed by atoms with Crippen LogP contribution in [0.2, 0.25) is 0 Å². The van der Waals surface area contributed by atoms with Gasteiger partial charge in [0, 0.05) is 13.0 Å². The van der Waals surface area contributed by atoms with Crippen molar-refractivity contribution in [1.29, 1.82) is 5.26 Å². The number of benzene rings is 2. The Bertz CT molecular complexity index is 995. The fourth-order valence-corrected chi connectivity index (χ4v) is 4.28. The van der Waals surface area contributed by atoms with Gasteiger partial charge in [-0.3, -0.25) is 9.10 Å². The third-order valence-corrected chi connectivity index (χ3v) is 6.10. The van der Waals surface area contributed by atoms with Crippen molar-refractivity contribution < 1.29 is 23.1 Å². The highest BCUT2D eigenvalue weighted by molar-refractivity contribution is 7.92. The third-order valence-electron chi connectivity index (χ3n) is 4.28. The van der Waals surface area contributed by atoms with Crippen molar-refractivity contribution in [3.05, 3.63) is 53.6 Å². The largest absolute Gasteiger partial charge is 0.493 e. The van der Waals surface area contributed by atoms with Crippen molar-refractivity contribution in [1.82, 2.24) is 0 Å². The Kier molecular flexibility index (Phi) is 7.62. The number of carboxylic acid groups (broad SMARTS) is 1. The molecule has 0 saturated carbocycles. The highest BCUT2D eigenvalue weighted by Crippen LogP contribution is 2.28. The Morgan fingerprint density at radius 2 is 1.86 bits per heavy atom. The lowest BCUT2D eigenvalue weighted by molar-refractivity contribution is -0.137.